The number of fused-ring (bicyclic) bond motifs is 1. The molecule has 4 aromatic rings. The fourth-order valence-corrected chi connectivity index (χ4v) is 6.05. The zero-order valence-electron chi connectivity index (χ0n) is 17.8. The first kappa shape index (κ1) is 20.5. The number of nitrogens with zero attached hydrogens (tertiary/aromatic N) is 3. The predicted octanol–water partition coefficient (Wildman–Crippen LogP) is 3.96. The molecule has 0 bridgehead atoms. The van der Waals surface area contributed by atoms with Gasteiger partial charge in [-0.1, -0.05) is 42.5 Å². The van der Waals surface area contributed by atoms with Crippen LogP contribution in [-0.2, 0) is 0 Å². The summed E-state index contributed by atoms with van der Waals surface area (Å²) in [6, 6.07) is 19.2. The van der Waals surface area contributed by atoms with Crippen LogP contribution in [0.3, 0.4) is 0 Å². The number of rotatable bonds is 5. The van der Waals surface area contributed by atoms with Gasteiger partial charge in [-0.2, -0.15) is 0 Å². The highest BCUT2D eigenvalue weighted by Gasteiger charge is 2.41. The van der Waals surface area contributed by atoms with Crippen LogP contribution in [0, 0.1) is 0 Å². The molecule has 6 nitrogen and oxygen atoms in total. The number of hydrogen-bond donors (Lipinski definition) is 1. The first-order valence-corrected chi connectivity index (χ1v) is 12.7. The first-order chi connectivity index (χ1) is 16.1. The Hall–Kier alpha value is -3.07. The van der Waals surface area contributed by atoms with Crippen molar-refractivity contribution >= 4 is 44.6 Å². The van der Waals surface area contributed by atoms with Crippen molar-refractivity contribution in [3.05, 3.63) is 76.1 Å². The molecule has 2 fully saturated rings. The fourth-order valence-electron chi connectivity index (χ4n) is 4.44. The largest absolute Gasteiger partial charge is 0.345 e. The zero-order valence-corrected chi connectivity index (χ0v) is 19.4. The molecule has 0 saturated carbocycles. The molecular weight excluding hydrogens is 452 g/mol. The molecule has 1 N–H and O–H groups in total. The molecule has 0 unspecified atom stereocenters. The number of nitrogens with one attached hydrogen (secondary N) is 1. The van der Waals surface area contributed by atoms with Gasteiger partial charge in [-0.15, -0.1) is 22.7 Å². The summed E-state index contributed by atoms with van der Waals surface area (Å²) in [4.78, 5) is 34.2. The van der Waals surface area contributed by atoms with Gasteiger partial charge in [-0.3, -0.25) is 14.5 Å². The second-order valence-electron chi connectivity index (χ2n) is 8.55. The van der Waals surface area contributed by atoms with E-state index in [1.54, 1.807) is 22.9 Å². The Balaban J connectivity index is 1.04. The van der Waals surface area contributed by atoms with Crippen molar-refractivity contribution in [1.29, 1.82) is 0 Å². The van der Waals surface area contributed by atoms with Crippen LogP contribution in [0.1, 0.15) is 19.5 Å². The van der Waals surface area contributed by atoms with Crippen molar-refractivity contribution in [3.8, 4) is 11.1 Å². The number of hydrogen-bond acceptors (Lipinski definition) is 6. The number of amides is 2. The van der Waals surface area contributed by atoms with E-state index in [4.69, 9.17) is 0 Å². The van der Waals surface area contributed by atoms with Crippen molar-refractivity contribution < 1.29 is 9.59 Å². The lowest BCUT2D eigenvalue weighted by Gasteiger charge is -2.51. The molecule has 0 spiro atoms. The van der Waals surface area contributed by atoms with Crippen LogP contribution in [-0.4, -0.2) is 64.9 Å². The maximum atomic E-state index is 13.0. The third kappa shape index (κ3) is 3.94. The Labute approximate surface area is 199 Å². The summed E-state index contributed by atoms with van der Waals surface area (Å²) < 4.78 is 1.14. The van der Waals surface area contributed by atoms with Gasteiger partial charge in [-0.25, -0.2) is 4.98 Å². The van der Waals surface area contributed by atoms with Crippen molar-refractivity contribution in [2.75, 3.05) is 26.2 Å². The topological polar surface area (TPSA) is 65.5 Å². The molecule has 2 amide bonds. The second kappa shape index (κ2) is 8.37. The smallest absolute Gasteiger partial charge is 0.280 e. The molecule has 2 aromatic carbocycles. The highest BCUT2D eigenvalue weighted by atomic mass is 32.1. The van der Waals surface area contributed by atoms with Gasteiger partial charge < -0.3 is 10.2 Å². The Morgan fingerprint density at radius 1 is 0.970 bits per heavy atom. The van der Waals surface area contributed by atoms with Crippen molar-refractivity contribution in [2.24, 2.45) is 0 Å². The highest BCUT2D eigenvalue weighted by molar-refractivity contribution is 7.20. The minimum Gasteiger partial charge on any atom is -0.345 e. The maximum absolute atomic E-state index is 13.0. The summed E-state index contributed by atoms with van der Waals surface area (Å²) in [5, 5.41) is 6.46. The molecule has 0 radical (unpaired) electrons. The number of likely N-dealkylation sites (tertiary alicyclic amines) is 2. The minimum absolute atomic E-state index is 0.0970. The number of thiophene rings is 1. The lowest BCUT2D eigenvalue weighted by Crippen LogP contribution is -2.70. The molecule has 6 rings (SSSR count). The normalized spacial score (nSPS) is 17.0. The van der Waals surface area contributed by atoms with E-state index in [9.17, 15) is 9.59 Å². The molecule has 4 heterocycles. The van der Waals surface area contributed by atoms with Crippen LogP contribution in [0.25, 0.3) is 21.2 Å². The number of aromatic nitrogens is 1. The second-order valence-corrected chi connectivity index (χ2v) is 10.5. The van der Waals surface area contributed by atoms with Gasteiger partial charge in [0.05, 0.1) is 10.9 Å². The standard InChI is InChI=1S/C25H22N4O2S2/c30-23(24-26-8-9-32-24)27-19-12-28(13-19)20-14-29(15-20)25(31)22-11-18-7-6-17(10-21(18)33-22)16-4-2-1-3-5-16/h1-11,19-20H,12-15H2,(H,27,30). The zero-order chi connectivity index (χ0) is 22.4. The molecule has 0 aliphatic carbocycles. The summed E-state index contributed by atoms with van der Waals surface area (Å²) in [5.41, 5.74) is 2.35. The third-order valence-electron chi connectivity index (χ3n) is 6.38. The average Bonchev–Trinajstić information content (AvgIpc) is 3.46. The minimum atomic E-state index is -0.0970. The molecule has 0 atom stereocenters. The van der Waals surface area contributed by atoms with E-state index in [2.05, 4.69) is 45.5 Å². The summed E-state index contributed by atoms with van der Waals surface area (Å²) in [6.07, 6.45) is 1.64. The number of carbonyl (C=O) groups excluding carboxylic acids is 2. The van der Waals surface area contributed by atoms with Crippen LogP contribution < -0.4 is 5.32 Å². The van der Waals surface area contributed by atoms with Crippen LogP contribution in [0.2, 0.25) is 0 Å². The SMILES string of the molecule is O=C(NC1CN(C2CN(C(=O)c3cc4ccc(-c5ccccc5)cc4s3)C2)C1)c1nccs1. The molecular formula is C25H22N4O2S2. The van der Waals surface area contributed by atoms with Crippen molar-refractivity contribution in [1.82, 2.24) is 20.1 Å². The van der Waals surface area contributed by atoms with Crippen molar-refractivity contribution in [3.63, 3.8) is 0 Å². The average molecular weight is 475 g/mol. The maximum Gasteiger partial charge on any atom is 0.280 e. The number of carbonyl (C=O) groups is 2. The first-order valence-electron chi connectivity index (χ1n) is 11.0. The van der Waals surface area contributed by atoms with E-state index in [0.29, 0.717) is 11.0 Å². The lowest BCUT2D eigenvalue weighted by atomic mass is 9.99. The fraction of sp³-hybridized carbons (Fsp3) is 0.240. The van der Waals surface area contributed by atoms with Gasteiger partial charge in [0, 0.05) is 48.5 Å². The molecule has 166 valence electrons. The van der Waals surface area contributed by atoms with Crippen LogP contribution >= 0.6 is 22.7 Å². The van der Waals surface area contributed by atoms with Crippen LogP contribution in [0.5, 0.6) is 0 Å². The van der Waals surface area contributed by atoms with Gasteiger partial charge in [0.1, 0.15) is 0 Å². The van der Waals surface area contributed by atoms with Gasteiger partial charge in [-0.05, 0) is 28.6 Å². The summed E-state index contributed by atoms with van der Waals surface area (Å²) in [6.45, 7) is 3.15. The predicted molar refractivity (Wildman–Crippen MR) is 132 cm³/mol. The third-order valence-corrected chi connectivity index (χ3v) is 8.23. The van der Waals surface area contributed by atoms with Gasteiger partial charge in [0.2, 0.25) is 0 Å². The molecule has 2 aliphatic rings. The molecule has 33 heavy (non-hydrogen) atoms. The monoisotopic (exact) mass is 474 g/mol. The summed E-state index contributed by atoms with van der Waals surface area (Å²) in [7, 11) is 0. The number of thiazole rings is 1. The molecule has 2 aromatic heterocycles. The summed E-state index contributed by atoms with van der Waals surface area (Å²) >= 11 is 2.92. The Bertz CT molecular complexity index is 1310. The van der Waals surface area contributed by atoms with Crippen LogP contribution in [0.4, 0.5) is 0 Å². The van der Waals surface area contributed by atoms with E-state index in [1.807, 2.05) is 29.2 Å². The Kier molecular flexibility index (Phi) is 5.21. The lowest BCUT2D eigenvalue weighted by molar-refractivity contribution is -0.00919. The van der Waals surface area contributed by atoms with Gasteiger partial charge in [0.15, 0.2) is 5.01 Å². The highest BCUT2D eigenvalue weighted by Crippen LogP contribution is 2.32. The van der Waals surface area contributed by atoms with E-state index in [0.717, 1.165) is 41.1 Å². The van der Waals surface area contributed by atoms with Gasteiger partial charge >= 0.3 is 0 Å². The molecule has 2 aliphatic heterocycles. The van der Waals surface area contributed by atoms with E-state index in [-0.39, 0.29) is 17.9 Å². The Morgan fingerprint density at radius 3 is 2.55 bits per heavy atom. The van der Waals surface area contributed by atoms with Crippen molar-refractivity contribution in [2.45, 2.75) is 12.1 Å². The van der Waals surface area contributed by atoms with Gasteiger partial charge in [0.25, 0.3) is 11.8 Å². The van der Waals surface area contributed by atoms with E-state index in [1.165, 1.54) is 22.5 Å². The summed E-state index contributed by atoms with van der Waals surface area (Å²) in [5.74, 6) is 0.0168. The van der Waals surface area contributed by atoms with E-state index >= 15 is 0 Å². The van der Waals surface area contributed by atoms with E-state index < -0.39 is 0 Å². The molecule has 8 heteroatoms. The number of benzene rings is 2. The van der Waals surface area contributed by atoms with Crippen LogP contribution in [0.15, 0.2) is 66.2 Å². The Morgan fingerprint density at radius 2 is 1.79 bits per heavy atom. The molecule has 2 saturated heterocycles. The quantitative estimate of drug-likeness (QED) is 0.476.